The molecule has 1 saturated heterocycles. The van der Waals surface area contributed by atoms with Crippen molar-refractivity contribution in [1.29, 1.82) is 0 Å². The second-order valence-corrected chi connectivity index (χ2v) is 6.23. The molecule has 1 atom stereocenters. The third-order valence-corrected chi connectivity index (χ3v) is 4.33. The molecule has 1 aliphatic rings. The van der Waals surface area contributed by atoms with Crippen molar-refractivity contribution in [2.24, 2.45) is 5.92 Å². The van der Waals surface area contributed by atoms with E-state index in [1.807, 2.05) is 0 Å². The molecule has 0 aromatic heterocycles. The molecule has 112 valence electrons. The second-order valence-electron chi connectivity index (χ2n) is 6.23. The smallest absolute Gasteiger partial charge is 0.0369 e. The average molecular weight is 275 g/mol. The fourth-order valence-corrected chi connectivity index (χ4v) is 3.13. The van der Waals surface area contributed by atoms with Gasteiger partial charge in [-0.3, -0.25) is 4.90 Å². The van der Waals surface area contributed by atoms with Crippen molar-refractivity contribution < 1.29 is 0 Å². The van der Waals surface area contributed by atoms with E-state index in [0.717, 1.165) is 19.6 Å². The number of piperazine rings is 1. The number of nitrogens with one attached hydrogen (secondary N) is 1. The van der Waals surface area contributed by atoms with Gasteiger partial charge in [-0.15, -0.1) is 0 Å². The van der Waals surface area contributed by atoms with Crippen LogP contribution in [-0.4, -0.2) is 50.7 Å². The second kappa shape index (κ2) is 7.09. The average Bonchev–Trinajstić information content (AvgIpc) is 2.45. The van der Waals surface area contributed by atoms with E-state index in [4.69, 9.17) is 0 Å². The van der Waals surface area contributed by atoms with Gasteiger partial charge in [0.05, 0.1) is 0 Å². The first-order valence-electron chi connectivity index (χ1n) is 7.82. The summed E-state index contributed by atoms with van der Waals surface area (Å²) in [6.45, 7) is 12.5. The van der Waals surface area contributed by atoms with E-state index in [9.17, 15) is 0 Å². The Morgan fingerprint density at radius 3 is 2.40 bits per heavy atom. The molecule has 0 amide bonds. The molecule has 0 radical (unpaired) electrons. The summed E-state index contributed by atoms with van der Waals surface area (Å²) in [6.07, 6.45) is 0. The lowest BCUT2D eigenvalue weighted by atomic mass is 10.0. The van der Waals surface area contributed by atoms with E-state index < -0.39 is 0 Å². The van der Waals surface area contributed by atoms with E-state index >= 15 is 0 Å². The lowest BCUT2D eigenvalue weighted by molar-refractivity contribution is 0.145. The summed E-state index contributed by atoms with van der Waals surface area (Å²) in [5.41, 5.74) is 2.72. The van der Waals surface area contributed by atoms with Crippen molar-refractivity contribution in [1.82, 2.24) is 10.2 Å². The molecule has 1 unspecified atom stereocenters. The van der Waals surface area contributed by atoms with Gasteiger partial charge in [-0.25, -0.2) is 0 Å². The Hall–Kier alpha value is -1.06. The lowest BCUT2D eigenvalue weighted by Gasteiger charge is -2.41. The monoisotopic (exact) mass is 275 g/mol. The molecule has 2 rings (SSSR count). The topological polar surface area (TPSA) is 18.5 Å². The van der Waals surface area contributed by atoms with Crippen molar-refractivity contribution in [3.63, 3.8) is 0 Å². The van der Waals surface area contributed by atoms with Crippen molar-refractivity contribution in [3.05, 3.63) is 29.8 Å². The fraction of sp³-hybridized carbons (Fsp3) is 0.647. The Balaban J connectivity index is 1.94. The molecule has 1 aliphatic heterocycles. The lowest BCUT2D eigenvalue weighted by Crippen LogP contribution is -2.54. The predicted molar refractivity (Wildman–Crippen MR) is 87.5 cm³/mol. The number of hydrogen-bond acceptors (Lipinski definition) is 3. The van der Waals surface area contributed by atoms with Gasteiger partial charge in [0, 0.05) is 44.5 Å². The molecular formula is C17H29N3. The largest absolute Gasteiger partial charge is 0.369 e. The summed E-state index contributed by atoms with van der Waals surface area (Å²) >= 11 is 0. The Kier molecular flexibility index (Phi) is 5.44. The summed E-state index contributed by atoms with van der Waals surface area (Å²) in [4.78, 5) is 5.16. The quantitative estimate of drug-likeness (QED) is 0.890. The molecule has 0 spiro atoms. The van der Waals surface area contributed by atoms with Crippen LogP contribution in [0.3, 0.4) is 0 Å². The maximum absolute atomic E-state index is 3.34. The zero-order valence-electron chi connectivity index (χ0n) is 13.4. The van der Waals surface area contributed by atoms with E-state index in [1.165, 1.54) is 24.3 Å². The van der Waals surface area contributed by atoms with Gasteiger partial charge in [-0.1, -0.05) is 26.0 Å². The summed E-state index contributed by atoms with van der Waals surface area (Å²) in [5, 5.41) is 3.34. The number of aryl methyl sites for hydroxylation is 1. The molecule has 3 heteroatoms. The first-order chi connectivity index (χ1) is 9.61. The number of likely N-dealkylation sites (N-methyl/N-ethyl adjacent to an activating group) is 1. The minimum atomic E-state index is 0.652. The maximum Gasteiger partial charge on any atom is 0.0369 e. The third kappa shape index (κ3) is 3.74. The summed E-state index contributed by atoms with van der Waals surface area (Å²) in [6, 6.07) is 9.51. The highest BCUT2D eigenvalue weighted by molar-refractivity contribution is 5.48. The van der Waals surface area contributed by atoms with Crippen LogP contribution in [0.25, 0.3) is 0 Å². The van der Waals surface area contributed by atoms with Crippen LogP contribution in [0.15, 0.2) is 24.3 Å². The Morgan fingerprint density at radius 2 is 1.85 bits per heavy atom. The van der Waals surface area contributed by atoms with Crippen molar-refractivity contribution in [2.75, 3.05) is 44.7 Å². The summed E-state index contributed by atoms with van der Waals surface area (Å²) < 4.78 is 0. The highest BCUT2D eigenvalue weighted by Crippen LogP contribution is 2.20. The van der Waals surface area contributed by atoms with E-state index in [0.29, 0.717) is 12.0 Å². The van der Waals surface area contributed by atoms with E-state index in [2.05, 4.69) is 67.2 Å². The Labute approximate surface area is 124 Å². The van der Waals surface area contributed by atoms with Crippen molar-refractivity contribution in [3.8, 4) is 0 Å². The van der Waals surface area contributed by atoms with Crippen LogP contribution in [-0.2, 0) is 0 Å². The minimum absolute atomic E-state index is 0.652. The third-order valence-electron chi connectivity index (χ3n) is 4.33. The Bertz CT molecular complexity index is 408. The molecule has 0 saturated carbocycles. The Morgan fingerprint density at radius 1 is 1.15 bits per heavy atom. The number of anilines is 1. The van der Waals surface area contributed by atoms with Gasteiger partial charge >= 0.3 is 0 Å². The number of hydrogen-bond donors (Lipinski definition) is 1. The summed E-state index contributed by atoms with van der Waals surface area (Å²) in [5.74, 6) is 0.702. The van der Waals surface area contributed by atoms with Gasteiger partial charge in [-0.2, -0.15) is 0 Å². The van der Waals surface area contributed by atoms with Gasteiger partial charge < -0.3 is 10.2 Å². The van der Waals surface area contributed by atoms with Crippen molar-refractivity contribution >= 4 is 5.69 Å². The number of rotatable bonds is 5. The normalized spacial score (nSPS) is 18.6. The van der Waals surface area contributed by atoms with Crippen LogP contribution in [0, 0.1) is 12.8 Å². The highest BCUT2D eigenvalue weighted by atomic mass is 15.3. The standard InChI is InChI=1S/C17H29N3/c1-14(2)17(13-18-4)20-10-8-19(9-11-20)16-7-5-6-15(3)12-16/h5-7,12,14,17-18H,8-11,13H2,1-4H3. The fourth-order valence-electron chi connectivity index (χ4n) is 3.13. The molecule has 0 aliphatic carbocycles. The molecule has 3 nitrogen and oxygen atoms in total. The first-order valence-corrected chi connectivity index (χ1v) is 7.82. The molecule has 1 fully saturated rings. The van der Waals surface area contributed by atoms with Gasteiger partial charge in [0.25, 0.3) is 0 Å². The minimum Gasteiger partial charge on any atom is -0.369 e. The molecule has 1 N–H and O–H groups in total. The summed E-state index contributed by atoms with van der Waals surface area (Å²) in [7, 11) is 2.05. The van der Waals surface area contributed by atoms with Gasteiger partial charge in [0.15, 0.2) is 0 Å². The maximum atomic E-state index is 3.34. The van der Waals surface area contributed by atoms with Crippen LogP contribution in [0.1, 0.15) is 19.4 Å². The van der Waals surface area contributed by atoms with Crippen LogP contribution >= 0.6 is 0 Å². The van der Waals surface area contributed by atoms with Crippen molar-refractivity contribution in [2.45, 2.75) is 26.8 Å². The van der Waals surface area contributed by atoms with Crippen LogP contribution in [0.4, 0.5) is 5.69 Å². The van der Waals surface area contributed by atoms with Gasteiger partial charge in [0.1, 0.15) is 0 Å². The van der Waals surface area contributed by atoms with Crippen LogP contribution in [0.5, 0.6) is 0 Å². The zero-order chi connectivity index (χ0) is 14.5. The molecule has 1 aromatic rings. The number of benzene rings is 1. The number of nitrogens with zero attached hydrogens (tertiary/aromatic N) is 2. The molecule has 1 heterocycles. The van der Waals surface area contributed by atoms with Crippen LogP contribution in [0.2, 0.25) is 0 Å². The molecule has 0 bridgehead atoms. The molecular weight excluding hydrogens is 246 g/mol. The SMILES string of the molecule is CNCC(C(C)C)N1CCN(c2cccc(C)c2)CC1. The molecule has 1 aromatic carbocycles. The molecule has 20 heavy (non-hydrogen) atoms. The predicted octanol–water partition coefficient (Wildman–Crippen LogP) is 2.36. The zero-order valence-corrected chi connectivity index (χ0v) is 13.4. The van der Waals surface area contributed by atoms with Crippen LogP contribution < -0.4 is 10.2 Å². The van der Waals surface area contributed by atoms with E-state index in [1.54, 1.807) is 0 Å². The van der Waals surface area contributed by atoms with Gasteiger partial charge in [-0.05, 0) is 37.6 Å². The van der Waals surface area contributed by atoms with Gasteiger partial charge in [0.2, 0.25) is 0 Å². The first kappa shape index (κ1) is 15.3. The van der Waals surface area contributed by atoms with E-state index in [-0.39, 0.29) is 0 Å². The highest BCUT2D eigenvalue weighted by Gasteiger charge is 2.25.